The Hall–Kier alpha value is -1.39. The van der Waals surface area contributed by atoms with Crippen LogP contribution in [0, 0.1) is 5.92 Å². The van der Waals surface area contributed by atoms with Gasteiger partial charge in [-0.05, 0) is 17.9 Å². The van der Waals surface area contributed by atoms with E-state index in [2.05, 4.69) is 49.1 Å². The van der Waals surface area contributed by atoms with E-state index in [1.807, 2.05) is 4.90 Å². The zero-order chi connectivity index (χ0) is 15.2. The Bertz CT molecular complexity index is 447. The summed E-state index contributed by atoms with van der Waals surface area (Å²) < 4.78 is 0. The van der Waals surface area contributed by atoms with Crippen LogP contribution in [0.15, 0.2) is 30.3 Å². The highest BCUT2D eigenvalue weighted by Crippen LogP contribution is 2.29. The SMILES string of the molecule is CC(C)C(c1ccccc1)N1CCCN(CC(=O)O)CC1. The third kappa shape index (κ3) is 4.55. The second-order valence-electron chi connectivity index (χ2n) is 6.16. The Balaban J connectivity index is 2.06. The van der Waals surface area contributed by atoms with Crippen LogP contribution in [-0.2, 0) is 4.79 Å². The molecule has 4 heteroatoms. The molecule has 4 nitrogen and oxygen atoms in total. The van der Waals surface area contributed by atoms with E-state index in [0.29, 0.717) is 12.0 Å². The molecule has 1 saturated heterocycles. The minimum atomic E-state index is -0.730. The van der Waals surface area contributed by atoms with Gasteiger partial charge < -0.3 is 5.11 Å². The zero-order valence-corrected chi connectivity index (χ0v) is 13.0. The first kappa shape index (κ1) is 16.0. The molecule has 1 aliphatic rings. The third-order valence-electron chi connectivity index (χ3n) is 4.15. The van der Waals surface area contributed by atoms with Crippen molar-refractivity contribution < 1.29 is 9.90 Å². The summed E-state index contributed by atoms with van der Waals surface area (Å²) in [6.45, 7) is 8.37. The van der Waals surface area contributed by atoms with Gasteiger partial charge in [0.1, 0.15) is 0 Å². The number of carboxylic acids is 1. The molecule has 21 heavy (non-hydrogen) atoms. The van der Waals surface area contributed by atoms with Crippen molar-refractivity contribution in [2.75, 3.05) is 32.7 Å². The number of carboxylic acid groups (broad SMARTS) is 1. The Labute approximate surface area is 127 Å². The van der Waals surface area contributed by atoms with Crippen LogP contribution in [0.3, 0.4) is 0 Å². The molecule has 1 N–H and O–H groups in total. The largest absolute Gasteiger partial charge is 0.480 e. The van der Waals surface area contributed by atoms with Crippen molar-refractivity contribution in [2.45, 2.75) is 26.3 Å². The predicted molar refractivity (Wildman–Crippen MR) is 84.3 cm³/mol. The molecular formula is C17H26N2O2. The smallest absolute Gasteiger partial charge is 0.317 e. The fourth-order valence-electron chi connectivity index (χ4n) is 3.29. The summed E-state index contributed by atoms with van der Waals surface area (Å²) >= 11 is 0. The Morgan fingerprint density at radius 2 is 1.86 bits per heavy atom. The lowest BCUT2D eigenvalue weighted by atomic mass is 9.94. The molecule has 1 heterocycles. The molecule has 2 rings (SSSR count). The molecule has 1 fully saturated rings. The number of benzene rings is 1. The van der Waals surface area contributed by atoms with E-state index in [-0.39, 0.29) is 6.54 Å². The average molecular weight is 290 g/mol. The number of carbonyl (C=O) groups is 1. The van der Waals surface area contributed by atoms with E-state index in [1.165, 1.54) is 5.56 Å². The van der Waals surface area contributed by atoms with Crippen molar-refractivity contribution in [3.8, 4) is 0 Å². The average Bonchev–Trinajstić information content (AvgIpc) is 2.65. The van der Waals surface area contributed by atoms with Crippen LogP contribution < -0.4 is 0 Å². The normalized spacial score (nSPS) is 19.4. The van der Waals surface area contributed by atoms with Crippen molar-refractivity contribution in [1.82, 2.24) is 9.80 Å². The maximum Gasteiger partial charge on any atom is 0.317 e. The number of aliphatic carboxylic acids is 1. The molecule has 1 aliphatic heterocycles. The summed E-state index contributed by atoms with van der Waals surface area (Å²) in [6.07, 6.45) is 1.03. The van der Waals surface area contributed by atoms with Gasteiger partial charge in [-0.1, -0.05) is 44.2 Å². The molecule has 1 aromatic rings. The molecule has 0 amide bonds. The van der Waals surface area contributed by atoms with Crippen molar-refractivity contribution in [3.63, 3.8) is 0 Å². The summed E-state index contributed by atoms with van der Waals surface area (Å²) in [5.74, 6) is -0.189. The van der Waals surface area contributed by atoms with Gasteiger partial charge in [0.15, 0.2) is 0 Å². The van der Waals surface area contributed by atoms with Crippen LogP contribution in [0.25, 0.3) is 0 Å². The molecule has 0 saturated carbocycles. The number of hydrogen-bond acceptors (Lipinski definition) is 3. The van der Waals surface area contributed by atoms with Gasteiger partial charge in [0.2, 0.25) is 0 Å². The maximum absolute atomic E-state index is 10.9. The fraction of sp³-hybridized carbons (Fsp3) is 0.588. The molecule has 1 atom stereocenters. The molecule has 0 bridgehead atoms. The minimum absolute atomic E-state index is 0.158. The van der Waals surface area contributed by atoms with E-state index in [9.17, 15) is 4.79 Å². The molecule has 0 spiro atoms. The van der Waals surface area contributed by atoms with Crippen LogP contribution in [-0.4, -0.2) is 53.6 Å². The highest BCUT2D eigenvalue weighted by atomic mass is 16.4. The molecule has 0 radical (unpaired) electrons. The molecule has 0 aromatic heterocycles. The summed E-state index contributed by atoms with van der Waals surface area (Å²) in [6, 6.07) is 11.1. The van der Waals surface area contributed by atoms with Crippen molar-refractivity contribution in [3.05, 3.63) is 35.9 Å². The van der Waals surface area contributed by atoms with Gasteiger partial charge in [-0.25, -0.2) is 0 Å². The first-order valence-corrected chi connectivity index (χ1v) is 7.81. The standard InChI is InChI=1S/C17H26N2O2/c1-14(2)17(15-7-4-3-5-8-15)19-10-6-9-18(11-12-19)13-16(20)21/h3-5,7-8,14,17H,6,9-13H2,1-2H3,(H,20,21). The molecular weight excluding hydrogens is 264 g/mol. The Morgan fingerprint density at radius 1 is 1.14 bits per heavy atom. The first-order chi connectivity index (χ1) is 10.1. The summed E-state index contributed by atoms with van der Waals surface area (Å²) in [4.78, 5) is 15.4. The lowest BCUT2D eigenvalue weighted by Gasteiger charge is -2.34. The number of nitrogens with zero attached hydrogens (tertiary/aromatic N) is 2. The highest BCUT2D eigenvalue weighted by molar-refractivity contribution is 5.69. The van der Waals surface area contributed by atoms with Gasteiger partial charge in [-0.3, -0.25) is 14.6 Å². The van der Waals surface area contributed by atoms with Gasteiger partial charge in [-0.15, -0.1) is 0 Å². The lowest BCUT2D eigenvalue weighted by molar-refractivity contribution is -0.138. The van der Waals surface area contributed by atoms with E-state index >= 15 is 0 Å². The van der Waals surface area contributed by atoms with E-state index in [4.69, 9.17) is 5.11 Å². The first-order valence-electron chi connectivity index (χ1n) is 7.81. The minimum Gasteiger partial charge on any atom is -0.480 e. The highest BCUT2D eigenvalue weighted by Gasteiger charge is 2.26. The zero-order valence-electron chi connectivity index (χ0n) is 13.0. The second-order valence-corrected chi connectivity index (χ2v) is 6.16. The van der Waals surface area contributed by atoms with Crippen LogP contribution >= 0.6 is 0 Å². The van der Waals surface area contributed by atoms with Gasteiger partial charge in [0.05, 0.1) is 6.54 Å². The van der Waals surface area contributed by atoms with Gasteiger partial charge >= 0.3 is 5.97 Å². The van der Waals surface area contributed by atoms with E-state index in [0.717, 1.165) is 32.6 Å². The van der Waals surface area contributed by atoms with E-state index < -0.39 is 5.97 Å². The van der Waals surface area contributed by atoms with Crippen molar-refractivity contribution in [1.29, 1.82) is 0 Å². The third-order valence-corrected chi connectivity index (χ3v) is 4.15. The molecule has 0 aliphatic carbocycles. The lowest BCUT2D eigenvalue weighted by Crippen LogP contribution is -2.37. The van der Waals surface area contributed by atoms with Crippen LogP contribution in [0.5, 0.6) is 0 Å². The van der Waals surface area contributed by atoms with Crippen LogP contribution in [0.2, 0.25) is 0 Å². The quantitative estimate of drug-likeness (QED) is 0.905. The van der Waals surface area contributed by atoms with Crippen LogP contribution in [0.4, 0.5) is 0 Å². The monoisotopic (exact) mass is 290 g/mol. The van der Waals surface area contributed by atoms with Crippen LogP contribution in [0.1, 0.15) is 31.9 Å². The maximum atomic E-state index is 10.9. The fourth-order valence-corrected chi connectivity index (χ4v) is 3.29. The summed E-state index contributed by atoms with van der Waals surface area (Å²) in [7, 11) is 0. The number of rotatable bonds is 5. The summed E-state index contributed by atoms with van der Waals surface area (Å²) in [5, 5.41) is 8.94. The van der Waals surface area contributed by atoms with Gasteiger partial charge in [0.25, 0.3) is 0 Å². The predicted octanol–water partition coefficient (Wildman–Crippen LogP) is 2.48. The second kappa shape index (κ2) is 7.57. The number of hydrogen-bond donors (Lipinski definition) is 1. The Morgan fingerprint density at radius 3 is 2.48 bits per heavy atom. The van der Waals surface area contributed by atoms with Crippen molar-refractivity contribution in [2.24, 2.45) is 5.92 Å². The summed E-state index contributed by atoms with van der Waals surface area (Å²) in [5.41, 5.74) is 1.36. The molecule has 1 unspecified atom stereocenters. The van der Waals surface area contributed by atoms with Gasteiger partial charge in [0, 0.05) is 32.2 Å². The Kier molecular flexibility index (Phi) is 5.76. The molecule has 1 aromatic carbocycles. The van der Waals surface area contributed by atoms with E-state index in [1.54, 1.807) is 0 Å². The van der Waals surface area contributed by atoms with Gasteiger partial charge in [-0.2, -0.15) is 0 Å². The topological polar surface area (TPSA) is 43.8 Å². The van der Waals surface area contributed by atoms with Crippen molar-refractivity contribution >= 4 is 5.97 Å². The molecule has 116 valence electrons.